The van der Waals surface area contributed by atoms with E-state index in [1.165, 1.54) is 17.5 Å². The fourth-order valence-electron chi connectivity index (χ4n) is 3.75. The number of hydrogen-bond acceptors (Lipinski definition) is 6. The van der Waals surface area contributed by atoms with Gasteiger partial charge >= 0.3 is 0 Å². The Morgan fingerprint density at radius 2 is 1.71 bits per heavy atom. The van der Waals surface area contributed by atoms with E-state index in [4.69, 9.17) is 34.8 Å². The highest BCUT2D eigenvalue weighted by atomic mass is 35.5. The maximum absolute atomic E-state index is 12.1. The van der Waals surface area contributed by atoms with Gasteiger partial charge in [0, 0.05) is 29.2 Å². The molecule has 4 aromatic rings. The number of anilines is 1. The molecule has 4 N–H and O–H groups in total. The molecule has 3 aromatic carbocycles. The molecule has 4 rings (SSSR count). The van der Waals surface area contributed by atoms with E-state index in [-0.39, 0.29) is 4.90 Å². The first-order valence-electron chi connectivity index (χ1n) is 10.5. The first-order valence-corrected chi connectivity index (χ1v) is 13.1. The number of halogens is 2. The molecule has 0 saturated carbocycles. The molecule has 0 atom stereocenters. The molecule has 10 heteroatoms. The summed E-state index contributed by atoms with van der Waals surface area (Å²) in [7, 11) is -3.37. The summed E-state index contributed by atoms with van der Waals surface area (Å²) in [6.07, 6.45) is 4.29. The standard InChI is InChI=1S/C25H23Cl2N5O2S/c1-16-30-25(27)15-31(16)22-11-8-19(18-4-3-5-21(12-18)35(2,33)34)13-23(22)32(29)24(14-28)17-6-9-20(26)10-7-17/h3-15H,28-29H2,1-2H3/b24-14-. The first-order chi connectivity index (χ1) is 16.6. The van der Waals surface area contributed by atoms with E-state index in [1.54, 1.807) is 36.5 Å². The number of aromatic nitrogens is 2. The van der Waals surface area contributed by atoms with Crippen molar-refractivity contribution in [2.45, 2.75) is 11.8 Å². The summed E-state index contributed by atoms with van der Waals surface area (Å²) in [6.45, 7) is 1.83. The fraction of sp³-hybridized carbons (Fsp3) is 0.0800. The lowest BCUT2D eigenvalue weighted by molar-refractivity contribution is 0.602. The third-order valence-corrected chi connectivity index (χ3v) is 7.04. The van der Waals surface area contributed by atoms with Crippen LogP contribution in [0.1, 0.15) is 11.4 Å². The van der Waals surface area contributed by atoms with Crippen molar-refractivity contribution in [3.05, 3.63) is 101 Å². The van der Waals surface area contributed by atoms with Crippen LogP contribution in [0.15, 0.2) is 84.0 Å². The number of rotatable bonds is 6. The van der Waals surface area contributed by atoms with Crippen LogP contribution in [-0.2, 0) is 9.84 Å². The van der Waals surface area contributed by atoms with E-state index in [9.17, 15) is 8.42 Å². The van der Waals surface area contributed by atoms with Gasteiger partial charge < -0.3 is 10.3 Å². The van der Waals surface area contributed by atoms with Crippen LogP contribution < -0.4 is 16.6 Å². The molecule has 180 valence electrons. The number of hydrogen-bond donors (Lipinski definition) is 2. The molecule has 7 nitrogen and oxygen atoms in total. The van der Waals surface area contributed by atoms with Crippen LogP contribution in [0.25, 0.3) is 22.5 Å². The molecular weight excluding hydrogens is 505 g/mol. The topological polar surface area (TPSA) is 107 Å². The normalized spacial score (nSPS) is 12.1. The number of benzene rings is 3. The van der Waals surface area contributed by atoms with Gasteiger partial charge in [-0.1, -0.05) is 53.5 Å². The number of imidazole rings is 1. The van der Waals surface area contributed by atoms with E-state index in [0.29, 0.717) is 33.1 Å². The van der Waals surface area contributed by atoms with Gasteiger partial charge in [-0.15, -0.1) is 0 Å². The Bertz CT molecular complexity index is 1530. The SMILES string of the molecule is Cc1nc(Cl)cn1-c1ccc(-c2cccc(S(C)(=O)=O)c2)cc1N(N)/C(=C\N)c1ccc(Cl)cc1. The number of hydrazine groups is 1. The van der Waals surface area contributed by atoms with Crippen LogP contribution in [0, 0.1) is 6.92 Å². The number of nitrogens with zero attached hydrogens (tertiary/aromatic N) is 3. The summed E-state index contributed by atoms with van der Waals surface area (Å²) in [5.41, 5.74) is 10.1. The van der Waals surface area contributed by atoms with E-state index in [1.807, 2.05) is 47.9 Å². The highest BCUT2D eigenvalue weighted by molar-refractivity contribution is 7.90. The molecule has 1 heterocycles. The van der Waals surface area contributed by atoms with Gasteiger partial charge in [-0.2, -0.15) is 0 Å². The second-order valence-electron chi connectivity index (χ2n) is 7.91. The van der Waals surface area contributed by atoms with Gasteiger partial charge in [0.1, 0.15) is 11.0 Å². The second-order valence-corrected chi connectivity index (χ2v) is 10.8. The van der Waals surface area contributed by atoms with Crippen molar-refractivity contribution < 1.29 is 8.42 Å². The highest BCUT2D eigenvalue weighted by Crippen LogP contribution is 2.35. The molecule has 0 bridgehead atoms. The second kappa shape index (κ2) is 9.75. The maximum atomic E-state index is 12.1. The van der Waals surface area contributed by atoms with Gasteiger partial charge in [-0.25, -0.2) is 19.2 Å². The van der Waals surface area contributed by atoms with E-state index < -0.39 is 9.84 Å². The molecule has 0 spiro atoms. The molecule has 35 heavy (non-hydrogen) atoms. The zero-order valence-corrected chi connectivity index (χ0v) is 21.3. The van der Waals surface area contributed by atoms with Crippen LogP contribution >= 0.6 is 23.2 Å². The zero-order valence-electron chi connectivity index (χ0n) is 19.0. The lowest BCUT2D eigenvalue weighted by Crippen LogP contribution is -2.31. The van der Waals surface area contributed by atoms with Crippen LogP contribution in [-0.4, -0.2) is 24.2 Å². The Labute approximate surface area is 214 Å². The van der Waals surface area contributed by atoms with Gasteiger partial charge in [0.05, 0.1) is 22.0 Å². The molecule has 0 fully saturated rings. The summed E-state index contributed by atoms with van der Waals surface area (Å²) in [4.78, 5) is 4.52. The monoisotopic (exact) mass is 527 g/mol. The summed E-state index contributed by atoms with van der Waals surface area (Å²) in [5, 5.41) is 2.40. The van der Waals surface area contributed by atoms with Gasteiger partial charge in [-0.3, -0.25) is 5.01 Å². The molecule has 0 aliphatic heterocycles. The molecule has 0 saturated heterocycles. The molecular formula is C25H23Cl2N5O2S. The highest BCUT2D eigenvalue weighted by Gasteiger charge is 2.19. The van der Waals surface area contributed by atoms with E-state index >= 15 is 0 Å². The largest absolute Gasteiger partial charge is 0.403 e. The van der Waals surface area contributed by atoms with Crippen molar-refractivity contribution in [1.29, 1.82) is 0 Å². The minimum Gasteiger partial charge on any atom is -0.403 e. The minimum atomic E-state index is -3.37. The van der Waals surface area contributed by atoms with Crippen LogP contribution in [0.4, 0.5) is 5.69 Å². The zero-order chi connectivity index (χ0) is 25.3. The van der Waals surface area contributed by atoms with Gasteiger partial charge in [0.2, 0.25) is 0 Å². The predicted molar refractivity (Wildman–Crippen MR) is 142 cm³/mol. The summed E-state index contributed by atoms with van der Waals surface area (Å²) < 4.78 is 26.0. The van der Waals surface area contributed by atoms with Gasteiger partial charge in [-0.05, 0) is 54.4 Å². The van der Waals surface area contributed by atoms with Crippen LogP contribution in [0.2, 0.25) is 10.2 Å². The smallest absolute Gasteiger partial charge is 0.175 e. The van der Waals surface area contributed by atoms with E-state index in [0.717, 1.165) is 16.7 Å². The summed E-state index contributed by atoms with van der Waals surface area (Å²) >= 11 is 12.2. The quantitative estimate of drug-likeness (QED) is 0.263. The Morgan fingerprint density at radius 3 is 2.31 bits per heavy atom. The van der Waals surface area contributed by atoms with Crippen LogP contribution in [0.3, 0.4) is 0 Å². The Kier molecular flexibility index (Phi) is 6.91. The molecule has 0 aliphatic rings. The number of aryl methyl sites for hydroxylation is 1. The van der Waals surface area contributed by atoms with Crippen molar-refractivity contribution in [1.82, 2.24) is 9.55 Å². The van der Waals surface area contributed by atoms with Crippen molar-refractivity contribution in [3.63, 3.8) is 0 Å². The van der Waals surface area contributed by atoms with Crippen molar-refractivity contribution in [2.24, 2.45) is 11.6 Å². The van der Waals surface area contributed by atoms with Gasteiger partial charge in [0.25, 0.3) is 0 Å². The lowest BCUT2D eigenvalue weighted by Gasteiger charge is -2.26. The third kappa shape index (κ3) is 5.21. The van der Waals surface area contributed by atoms with Crippen LogP contribution in [0.5, 0.6) is 0 Å². The van der Waals surface area contributed by atoms with E-state index in [2.05, 4.69) is 4.98 Å². The fourth-order valence-corrected chi connectivity index (χ4v) is 4.77. The Balaban J connectivity index is 1.90. The Hall–Kier alpha value is -3.30. The first kappa shape index (κ1) is 24.8. The average molecular weight is 528 g/mol. The minimum absolute atomic E-state index is 0.228. The molecule has 0 unspecified atom stereocenters. The Morgan fingerprint density at radius 1 is 1.03 bits per heavy atom. The molecule has 1 aromatic heterocycles. The lowest BCUT2D eigenvalue weighted by atomic mass is 10.0. The summed E-state index contributed by atoms with van der Waals surface area (Å²) in [5.74, 6) is 7.32. The number of nitrogens with two attached hydrogens (primary N) is 2. The average Bonchev–Trinajstić information content (AvgIpc) is 3.17. The molecule has 0 aliphatic carbocycles. The van der Waals surface area contributed by atoms with Gasteiger partial charge in [0.15, 0.2) is 9.84 Å². The maximum Gasteiger partial charge on any atom is 0.175 e. The number of sulfone groups is 1. The van der Waals surface area contributed by atoms with Crippen molar-refractivity contribution >= 4 is 44.4 Å². The third-order valence-electron chi connectivity index (χ3n) is 5.50. The van der Waals surface area contributed by atoms with Crippen molar-refractivity contribution in [2.75, 3.05) is 11.3 Å². The predicted octanol–water partition coefficient (Wildman–Crippen LogP) is 5.20. The molecule has 0 radical (unpaired) electrons. The molecule has 0 amide bonds. The summed E-state index contributed by atoms with van der Waals surface area (Å²) in [6, 6.07) is 19.5. The van der Waals surface area contributed by atoms with Crippen molar-refractivity contribution in [3.8, 4) is 16.8 Å².